The molecule has 2 heterocycles. The molecular formula is C14H27N3O. The van der Waals surface area contributed by atoms with Gasteiger partial charge in [-0.3, -0.25) is 4.79 Å². The monoisotopic (exact) mass is 253 g/mol. The Bertz CT molecular complexity index is 289. The van der Waals surface area contributed by atoms with Gasteiger partial charge in [-0.25, -0.2) is 0 Å². The largest absolute Gasteiger partial charge is 0.353 e. The first-order chi connectivity index (χ1) is 8.54. The van der Waals surface area contributed by atoms with Crippen molar-refractivity contribution in [2.75, 3.05) is 33.2 Å². The van der Waals surface area contributed by atoms with E-state index in [1.807, 2.05) is 0 Å². The second-order valence-electron chi connectivity index (χ2n) is 6.29. The molecule has 1 atom stereocenters. The van der Waals surface area contributed by atoms with Crippen LogP contribution in [0.25, 0.3) is 0 Å². The molecule has 0 aromatic heterocycles. The second-order valence-corrected chi connectivity index (χ2v) is 6.29. The summed E-state index contributed by atoms with van der Waals surface area (Å²) in [5, 5.41) is 6.65. The molecule has 0 radical (unpaired) electrons. The summed E-state index contributed by atoms with van der Waals surface area (Å²) in [6.45, 7) is 8.33. The molecule has 1 amide bonds. The summed E-state index contributed by atoms with van der Waals surface area (Å²) >= 11 is 0. The van der Waals surface area contributed by atoms with Crippen LogP contribution in [0.2, 0.25) is 0 Å². The number of rotatable bonds is 3. The fourth-order valence-corrected chi connectivity index (χ4v) is 3.14. The smallest absolute Gasteiger partial charge is 0.228 e. The first kappa shape index (κ1) is 13.8. The Kier molecular flexibility index (Phi) is 4.28. The lowest BCUT2D eigenvalue weighted by Gasteiger charge is -2.35. The summed E-state index contributed by atoms with van der Waals surface area (Å²) in [5.41, 5.74) is -0.177. The maximum absolute atomic E-state index is 12.6. The predicted octanol–water partition coefficient (Wildman–Crippen LogP) is 0.833. The topological polar surface area (TPSA) is 44.4 Å². The Morgan fingerprint density at radius 3 is 2.56 bits per heavy atom. The number of nitrogens with one attached hydrogen (secondary N) is 2. The van der Waals surface area contributed by atoms with Gasteiger partial charge in [0.2, 0.25) is 5.91 Å². The number of carbonyl (C=O) groups is 1. The van der Waals surface area contributed by atoms with Crippen molar-refractivity contribution in [3.63, 3.8) is 0 Å². The quantitative estimate of drug-likeness (QED) is 0.783. The molecular weight excluding hydrogens is 226 g/mol. The number of hydrogen-bond donors (Lipinski definition) is 2. The first-order valence-corrected chi connectivity index (χ1v) is 7.25. The summed E-state index contributed by atoms with van der Waals surface area (Å²) in [7, 11) is 2.15. The minimum atomic E-state index is -0.177. The van der Waals surface area contributed by atoms with E-state index in [1.165, 1.54) is 0 Å². The van der Waals surface area contributed by atoms with E-state index in [-0.39, 0.29) is 11.3 Å². The molecule has 4 nitrogen and oxygen atoms in total. The van der Waals surface area contributed by atoms with E-state index >= 15 is 0 Å². The van der Waals surface area contributed by atoms with Crippen LogP contribution in [0.15, 0.2) is 0 Å². The standard InChI is InChI=1S/C14H27N3O/c1-11(2)14(6-7-15-10-14)13(18)16-12-4-8-17(3)9-5-12/h11-12,15H,4-10H2,1-3H3,(H,16,18). The van der Waals surface area contributed by atoms with Crippen LogP contribution >= 0.6 is 0 Å². The molecule has 0 saturated carbocycles. The van der Waals surface area contributed by atoms with E-state index in [0.717, 1.165) is 45.4 Å². The Morgan fingerprint density at radius 1 is 1.39 bits per heavy atom. The molecule has 0 aromatic carbocycles. The number of likely N-dealkylation sites (tertiary alicyclic amines) is 1. The molecule has 2 rings (SSSR count). The lowest BCUT2D eigenvalue weighted by molar-refractivity contribution is -0.133. The van der Waals surface area contributed by atoms with Gasteiger partial charge in [-0.2, -0.15) is 0 Å². The number of piperidine rings is 1. The van der Waals surface area contributed by atoms with E-state index in [0.29, 0.717) is 12.0 Å². The van der Waals surface area contributed by atoms with Crippen LogP contribution in [0.3, 0.4) is 0 Å². The van der Waals surface area contributed by atoms with E-state index in [9.17, 15) is 4.79 Å². The van der Waals surface area contributed by atoms with E-state index in [4.69, 9.17) is 0 Å². The van der Waals surface area contributed by atoms with Crippen molar-refractivity contribution in [3.8, 4) is 0 Å². The lowest BCUT2D eigenvalue weighted by Crippen LogP contribution is -2.51. The summed E-state index contributed by atoms with van der Waals surface area (Å²) in [6, 6.07) is 0.380. The molecule has 2 saturated heterocycles. The maximum atomic E-state index is 12.6. The van der Waals surface area contributed by atoms with Crippen LogP contribution in [0, 0.1) is 11.3 Å². The first-order valence-electron chi connectivity index (χ1n) is 7.25. The summed E-state index contributed by atoms with van der Waals surface area (Å²) in [5.74, 6) is 0.677. The van der Waals surface area contributed by atoms with Gasteiger partial charge in [-0.1, -0.05) is 13.8 Å². The highest BCUT2D eigenvalue weighted by Crippen LogP contribution is 2.34. The Morgan fingerprint density at radius 2 is 2.06 bits per heavy atom. The number of carbonyl (C=O) groups excluding carboxylic acids is 1. The molecule has 4 heteroatoms. The van der Waals surface area contributed by atoms with Crippen LogP contribution in [-0.4, -0.2) is 50.1 Å². The zero-order chi connectivity index (χ0) is 13.2. The molecule has 0 aliphatic carbocycles. The van der Waals surface area contributed by atoms with Gasteiger partial charge in [0, 0.05) is 12.6 Å². The van der Waals surface area contributed by atoms with Gasteiger partial charge >= 0.3 is 0 Å². The molecule has 104 valence electrons. The zero-order valence-corrected chi connectivity index (χ0v) is 12.0. The average Bonchev–Trinajstić information content (AvgIpc) is 2.82. The highest BCUT2D eigenvalue weighted by Gasteiger charge is 2.44. The van der Waals surface area contributed by atoms with Crippen molar-refractivity contribution in [2.45, 2.75) is 39.2 Å². The van der Waals surface area contributed by atoms with Crippen molar-refractivity contribution in [1.29, 1.82) is 0 Å². The summed E-state index contributed by atoms with van der Waals surface area (Å²) in [4.78, 5) is 14.9. The van der Waals surface area contributed by atoms with E-state index in [1.54, 1.807) is 0 Å². The Hall–Kier alpha value is -0.610. The summed E-state index contributed by atoms with van der Waals surface area (Å²) in [6.07, 6.45) is 3.15. The predicted molar refractivity (Wildman–Crippen MR) is 73.4 cm³/mol. The van der Waals surface area contributed by atoms with Crippen LogP contribution < -0.4 is 10.6 Å². The molecule has 2 fully saturated rings. The highest BCUT2D eigenvalue weighted by molar-refractivity contribution is 5.83. The van der Waals surface area contributed by atoms with Gasteiger partial charge in [-0.15, -0.1) is 0 Å². The van der Waals surface area contributed by atoms with Crippen LogP contribution in [0.4, 0.5) is 0 Å². The number of hydrogen-bond acceptors (Lipinski definition) is 3. The van der Waals surface area contributed by atoms with Crippen molar-refractivity contribution < 1.29 is 4.79 Å². The van der Waals surface area contributed by atoms with Gasteiger partial charge in [0.15, 0.2) is 0 Å². The van der Waals surface area contributed by atoms with Crippen LogP contribution in [-0.2, 0) is 4.79 Å². The van der Waals surface area contributed by atoms with Crippen LogP contribution in [0.1, 0.15) is 33.1 Å². The number of nitrogens with zero attached hydrogens (tertiary/aromatic N) is 1. The minimum absolute atomic E-state index is 0.177. The lowest BCUT2D eigenvalue weighted by atomic mass is 9.75. The third-order valence-corrected chi connectivity index (χ3v) is 4.80. The minimum Gasteiger partial charge on any atom is -0.353 e. The van der Waals surface area contributed by atoms with Gasteiger partial charge in [-0.05, 0) is 51.9 Å². The fraction of sp³-hybridized carbons (Fsp3) is 0.929. The van der Waals surface area contributed by atoms with Crippen molar-refractivity contribution >= 4 is 5.91 Å². The van der Waals surface area contributed by atoms with E-state index in [2.05, 4.69) is 36.4 Å². The third kappa shape index (κ3) is 2.69. The molecule has 2 N–H and O–H groups in total. The van der Waals surface area contributed by atoms with Crippen molar-refractivity contribution in [1.82, 2.24) is 15.5 Å². The zero-order valence-electron chi connectivity index (χ0n) is 12.0. The van der Waals surface area contributed by atoms with Gasteiger partial charge in [0.1, 0.15) is 0 Å². The van der Waals surface area contributed by atoms with Gasteiger partial charge < -0.3 is 15.5 Å². The van der Waals surface area contributed by atoms with E-state index < -0.39 is 0 Å². The SMILES string of the molecule is CC(C)C1(C(=O)NC2CCN(C)CC2)CCNC1. The molecule has 1 unspecified atom stereocenters. The molecule has 0 aromatic rings. The summed E-state index contributed by atoms with van der Waals surface area (Å²) < 4.78 is 0. The third-order valence-electron chi connectivity index (χ3n) is 4.80. The number of amides is 1. The molecule has 0 bridgehead atoms. The average molecular weight is 253 g/mol. The van der Waals surface area contributed by atoms with Crippen LogP contribution in [0.5, 0.6) is 0 Å². The fourth-order valence-electron chi connectivity index (χ4n) is 3.14. The maximum Gasteiger partial charge on any atom is 0.228 e. The Labute approximate surface area is 110 Å². The second kappa shape index (κ2) is 5.57. The van der Waals surface area contributed by atoms with Gasteiger partial charge in [0.05, 0.1) is 5.41 Å². The molecule has 0 spiro atoms. The molecule has 2 aliphatic heterocycles. The van der Waals surface area contributed by atoms with Crippen molar-refractivity contribution in [2.24, 2.45) is 11.3 Å². The van der Waals surface area contributed by atoms with Gasteiger partial charge in [0.25, 0.3) is 0 Å². The van der Waals surface area contributed by atoms with Crippen molar-refractivity contribution in [3.05, 3.63) is 0 Å². The highest BCUT2D eigenvalue weighted by atomic mass is 16.2. The molecule has 18 heavy (non-hydrogen) atoms. The molecule has 2 aliphatic rings. The Balaban J connectivity index is 1.94. The normalized spacial score (nSPS) is 30.9.